The molecule has 6 heterocycles. The van der Waals surface area contributed by atoms with E-state index in [1.54, 1.807) is 30.1 Å². The van der Waals surface area contributed by atoms with Gasteiger partial charge in [-0.05, 0) is 86.3 Å². The molecule has 0 bridgehead atoms. The number of urea groups is 1. The van der Waals surface area contributed by atoms with Gasteiger partial charge >= 0.3 is 6.03 Å². The molecule has 0 radical (unpaired) electrons. The molecular weight excluding hydrogens is 863 g/mol. The van der Waals surface area contributed by atoms with Crippen molar-refractivity contribution < 1.29 is 32.3 Å². The molecule has 3 atom stereocenters. The maximum atomic E-state index is 16.1. The number of carbonyl (C=O) groups is 4. The van der Waals surface area contributed by atoms with Crippen LogP contribution in [0.1, 0.15) is 76.9 Å². The molecule has 6 aliphatic rings. The zero-order valence-corrected chi connectivity index (χ0v) is 37.0. The lowest BCUT2D eigenvalue weighted by Crippen LogP contribution is -2.63. The number of halogens is 4. The van der Waals surface area contributed by atoms with Crippen molar-refractivity contribution in [3.63, 3.8) is 0 Å². The molecule has 2 aliphatic carbocycles. The molecule has 4 aromatic rings. The van der Waals surface area contributed by atoms with Crippen LogP contribution in [0.15, 0.2) is 48.7 Å². The quantitative estimate of drug-likeness (QED) is 0.182. The van der Waals surface area contributed by atoms with Crippen molar-refractivity contribution in [2.75, 3.05) is 74.5 Å². The van der Waals surface area contributed by atoms with Gasteiger partial charge in [0.2, 0.25) is 5.91 Å². The summed E-state index contributed by atoms with van der Waals surface area (Å²) in [7, 11) is 1.80. The second-order valence-corrected chi connectivity index (χ2v) is 18.8. The van der Waals surface area contributed by atoms with Crippen LogP contribution in [0, 0.1) is 5.92 Å². The number of imide groups is 1. The van der Waals surface area contributed by atoms with Crippen LogP contribution in [-0.2, 0) is 17.6 Å². The molecule has 2 saturated carbocycles. The zero-order valence-electron chi connectivity index (χ0n) is 36.2. The first-order valence-electron chi connectivity index (χ1n) is 22.8. The number of aromatic nitrogens is 3. The smallest absolute Gasteiger partial charge is 0.328 e. The van der Waals surface area contributed by atoms with Gasteiger partial charge in [-0.25, -0.2) is 27.5 Å². The van der Waals surface area contributed by atoms with Gasteiger partial charge in [-0.15, -0.1) is 5.10 Å². The lowest BCUT2D eigenvalue weighted by atomic mass is 9.80. The third kappa shape index (κ3) is 8.48. The van der Waals surface area contributed by atoms with E-state index in [1.807, 2.05) is 15.9 Å². The largest absolute Gasteiger partial charge is 0.385 e. The van der Waals surface area contributed by atoms with Crippen molar-refractivity contribution in [1.29, 1.82) is 0 Å². The van der Waals surface area contributed by atoms with E-state index in [9.17, 15) is 23.6 Å². The number of hydrogen-bond acceptors (Lipinski definition) is 10. The Bertz CT molecular complexity index is 2530. The van der Waals surface area contributed by atoms with Crippen molar-refractivity contribution in [1.82, 2.24) is 39.9 Å². The van der Waals surface area contributed by atoms with Gasteiger partial charge in [0.05, 0.1) is 41.2 Å². The van der Waals surface area contributed by atoms with E-state index in [2.05, 4.69) is 44.0 Å². The van der Waals surface area contributed by atoms with Crippen molar-refractivity contribution in [2.24, 2.45) is 5.92 Å². The highest BCUT2D eigenvalue weighted by Gasteiger charge is 2.49. The Labute approximate surface area is 379 Å². The number of carbonyl (C=O) groups excluding carboxylic acids is 4. The van der Waals surface area contributed by atoms with E-state index in [0.717, 1.165) is 56.4 Å². The molecule has 10 rings (SSSR count). The Kier molecular flexibility index (Phi) is 11.6. The normalized spacial score (nSPS) is 26.0. The SMILES string of the molecule is CNc1cc(N2CCc3c(CC4CCC(N5CCC(N6CCN(C(=O)c7ccc(Cl)c(N8CCC(=O)NC8=O)c7)CC6)C(F)(F)C5)CC4)cccc32)nn2c(C(=O)NC3C[C@@H]3F)cnc12. The number of likely N-dealkylation sites (tertiary alicyclic amines) is 1. The standard InChI is InChI=1S/C46H53ClF3N11O4/c1-51-35-24-40(55-61-38(25-52-42(35)61)43(63)53-34-23-33(34)48)59-15-11-31-28(3-2-4-36(31)59)21-27-5-8-30(9-6-27)58-14-12-39(46(49,50)26-58)56-17-19-57(20-18-56)44(64)29-7-10-32(47)37(22-29)60-16-13-41(62)54-45(60)65/h2-4,7,10,22,24-25,27,30,33-34,39,51H,5-6,8-9,11-21,23,26H2,1H3,(H,53,63)(H,54,62,65)/t27?,30?,33-,34?,39?/m0/s1. The molecule has 5 amide bonds. The van der Waals surface area contributed by atoms with E-state index in [0.29, 0.717) is 74.2 Å². The van der Waals surface area contributed by atoms with E-state index >= 15 is 8.78 Å². The summed E-state index contributed by atoms with van der Waals surface area (Å²) in [5.41, 5.74) is 5.81. The van der Waals surface area contributed by atoms with Gasteiger partial charge in [-0.1, -0.05) is 23.7 Å². The summed E-state index contributed by atoms with van der Waals surface area (Å²) in [6.45, 7) is 2.50. The summed E-state index contributed by atoms with van der Waals surface area (Å²) in [6.07, 6.45) is 6.71. The molecule has 2 unspecified atom stereocenters. The topological polar surface area (TPSA) is 151 Å². The number of nitrogens with zero attached hydrogens (tertiary/aromatic N) is 8. The van der Waals surface area contributed by atoms with Gasteiger partial charge in [-0.3, -0.25) is 34.4 Å². The van der Waals surface area contributed by atoms with Crippen LogP contribution in [0.25, 0.3) is 5.65 Å². The Morgan fingerprint density at radius 2 is 1.68 bits per heavy atom. The third-order valence-electron chi connectivity index (χ3n) is 14.4. The minimum atomic E-state index is -2.89. The van der Waals surface area contributed by atoms with Crippen LogP contribution in [0.2, 0.25) is 5.02 Å². The van der Waals surface area contributed by atoms with E-state index in [1.165, 1.54) is 26.7 Å². The van der Waals surface area contributed by atoms with Crippen LogP contribution in [-0.4, -0.2) is 143 Å². The van der Waals surface area contributed by atoms with Crippen LogP contribution >= 0.6 is 11.6 Å². The number of piperazine rings is 1. The number of imidazole rings is 1. The van der Waals surface area contributed by atoms with E-state index in [-0.39, 0.29) is 48.1 Å². The molecule has 19 heteroatoms. The minimum absolute atomic E-state index is 0.116. The first kappa shape index (κ1) is 43.4. The fourth-order valence-corrected chi connectivity index (χ4v) is 10.9. The molecule has 65 heavy (non-hydrogen) atoms. The summed E-state index contributed by atoms with van der Waals surface area (Å²) in [5.74, 6) is -2.81. The molecule has 0 spiro atoms. The predicted octanol–water partition coefficient (Wildman–Crippen LogP) is 5.67. The number of rotatable bonds is 10. The fourth-order valence-electron chi connectivity index (χ4n) is 10.7. The maximum Gasteiger partial charge on any atom is 0.328 e. The Hall–Kier alpha value is -5.46. The summed E-state index contributed by atoms with van der Waals surface area (Å²) in [4.78, 5) is 64.2. The molecule has 5 fully saturated rings. The Morgan fingerprint density at radius 1 is 0.908 bits per heavy atom. The number of fused-ring (bicyclic) bond motifs is 2. The highest BCUT2D eigenvalue weighted by atomic mass is 35.5. The zero-order chi connectivity index (χ0) is 45.1. The molecule has 3 saturated heterocycles. The highest BCUT2D eigenvalue weighted by molar-refractivity contribution is 6.34. The molecule has 3 N–H and O–H groups in total. The molecule has 2 aromatic carbocycles. The second kappa shape index (κ2) is 17.4. The summed E-state index contributed by atoms with van der Waals surface area (Å²) >= 11 is 6.39. The fraction of sp³-hybridized carbons (Fsp3) is 0.522. The highest BCUT2D eigenvalue weighted by Crippen LogP contribution is 2.41. The van der Waals surface area contributed by atoms with Gasteiger partial charge in [0.15, 0.2) is 17.2 Å². The Balaban J connectivity index is 0.725. The predicted molar refractivity (Wildman–Crippen MR) is 239 cm³/mol. The van der Waals surface area contributed by atoms with Gasteiger partial charge in [0.1, 0.15) is 6.17 Å². The average Bonchev–Trinajstić information content (AvgIpc) is 3.61. The number of benzene rings is 2. The third-order valence-corrected chi connectivity index (χ3v) is 14.7. The van der Waals surface area contributed by atoms with Gasteiger partial charge < -0.3 is 20.4 Å². The monoisotopic (exact) mass is 915 g/mol. The van der Waals surface area contributed by atoms with Crippen molar-refractivity contribution >= 4 is 63.9 Å². The van der Waals surface area contributed by atoms with Gasteiger partial charge in [-0.2, -0.15) is 0 Å². The summed E-state index contributed by atoms with van der Waals surface area (Å²) in [6, 6.07) is 11.2. The van der Waals surface area contributed by atoms with Crippen LogP contribution in [0.5, 0.6) is 0 Å². The Morgan fingerprint density at radius 3 is 2.40 bits per heavy atom. The molecule has 2 aromatic heterocycles. The van der Waals surface area contributed by atoms with Crippen LogP contribution in [0.4, 0.5) is 40.8 Å². The minimum Gasteiger partial charge on any atom is -0.385 e. The van der Waals surface area contributed by atoms with Crippen molar-refractivity contribution in [3.8, 4) is 0 Å². The number of alkyl halides is 3. The number of anilines is 4. The lowest BCUT2D eigenvalue weighted by Gasteiger charge is -2.48. The second-order valence-electron chi connectivity index (χ2n) is 18.4. The molecule has 15 nitrogen and oxygen atoms in total. The first-order chi connectivity index (χ1) is 31.3. The summed E-state index contributed by atoms with van der Waals surface area (Å²) < 4.78 is 47.3. The lowest BCUT2D eigenvalue weighted by molar-refractivity contribution is -0.141. The van der Waals surface area contributed by atoms with Gasteiger partial charge in [0, 0.05) is 89.1 Å². The van der Waals surface area contributed by atoms with Crippen LogP contribution in [0.3, 0.4) is 0 Å². The molecule has 344 valence electrons. The number of nitrogens with one attached hydrogen (secondary N) is 3. The average molecular weight is 916 g/mol. The maximum absolute atomic E-state index is 16.1. The van der Waals surface area contributed by atoms with E-state index < -0.39 is 36.1 Å². The molecule has 4 aliphatic heterocycles. The number of amides is 5. The van der Waals surface area contributed by atoms with Gasteiger partial charge in [0.25, 0.3) is 17.7 Å². The van der Waals surface area contributed by atoms with E-state index in [4.69, 9.17) is 16.7 Å². The first-order valence-corrected chi connectivity index (χ1v) is 23.2. The van der Waals surface area contributed by atoms with Crippen LogP contribution < -0.4 is 25.8 Å². The number of piperidine rings is 1. The number of hydrogen-bond donors (Lipinski definition) is 3. The van der Waals surface area contributed by atoms with Crippen molar-refractivity contribution in [3.05, 3.63) is 76.1 Å². The molecular formula is C46H53ClF3N11O4. The van der Waals surface area contributed by atoms with Crippen molar-refractivity contribution in [2.45, 2.75) is 88.0 Å². The summed E-state index contributed by atoms with van der Waals surface area (Å²) in [5, 5.41) is 13.3.